The first-order chi connectivity index (χ1) is 14.8. The summed E-state index contributed by atoms with van der Waals surface area (Å²) in [7, 11) is 1.35. The number of aliphatic hydroxyl groups is 1. The largest absolute Gasteiger partial charge is 0.494 e. The smallest absolute Gasteiger partial charge is 0.273 e. The minimum Gasteiger partial charge on any atom is -0.494 e. The first-order valence-corrected chi connectivity index (χ1v) is 10.1. The molecular weight excluding hydrogens is 424 g/mol. The molecule has 0 fully saturated rings. The number of thioether (sulfide) groups is 1. The number of benzene rings is 2. The number of aliphatic hydroxyl groups excluding tert-OH is 1. The van der Waals surface area contributed by atoms with E-state index >= 15 is 0 Å². The van der Waals surface area contributed by atoms with Gasteiger partial charge in [-0.1, -0.05) is 23.9 Å². The van der Waals surface area contributed by atoms with Crippen molar-refractivity contribution in [2.75, 3.05) is 19.0 Å². The van der Waals surface area contributed by atoms with Gasteiger partial charge in [0.2, 0.25) is 5.91 Å². The van der Waals surface area contributed by atoms with Crippen LogP contribution in [0.15, 0.2) is 52.4 Å². The number of nitrogens with one attached hydrogen (secondary N) is 1. The number of aromatic nitrogens is 2. The quantitative estimate of drug-likeness (QED) is 0.234. The molecule has 31 heavy (non-hydrogen) atoms. The summed E-state index contributed by atoms with van der Waals surface area (Å²) in [6.45, 7) is 1.43. The van der Waals surface area contributed by atoms with E-state index in [1.165, 1.54) is 29.9 Å². The number of nitro benzene ring substituents is 1. The van der Waals surface area contributed by atoms with Crippen molar-refractivity contribution in [2.24, 2.45) is 0 Å². The lowest BCUT2D eigenvalue weighted by atomic mass is 10.2. The topological polar surface area (TPSA) is 137 Å². The van der Waals surface area contributed by atoms with Gasteiger partial charge in [0.15, 0.2) is 5.16 Å². The Labute approximate surface area is 181 Å². The fourth-order valence-corrected chi connectivity index (χ4v) is 3.81. The molecule has 1 aromatic heterocycles. The summed E-state index contributed by atoms with van der Waals surface area (Å²) in [5, 5.41) is 23.0. The summed E-state index contributed by atoms with van der Waals surface area (Å²) in [5.74, 6) is -0.254. The molecule has 0 aliphatic carbocycles. The Morgan fingerprint density at radius 3 is 2.77 bits per heavy atom. The van der Waals surface area contributed by atoms with E-state index in [9.17, 15) is 24.8 Å². The number of nitrogens with zero attached hydrogens (tertiary/aromatic N) is 3. The van der Waals surface area contributed by atoms with Gasteiger partial charge in [0.05, 0.1) is 53.1 Å². The van der Waals surface area contributed by atoms with Crippen LogP contribution in [0.2, 0.25) is 0 Å². The maximum Gasteiger partial charge on any atom is 0.273 e. The van der Waals surface area contributed by atoms with Gasteiger partial charge in [0, 0.05) is 6.07 Å². The lowest BCUT2D eigenvalue weighted by Crippen LogP contribution is -2.28. The third-order valence-corrected chi connectivity index (χ3v) is 5.55. The number of rotatable bonds is 8. The minimum atomic E-state index is -0.669. The summed E-state index contributed by atoms with van der Waals surface area (Å²) in [5.41, 5.74) is 0.316. The van der Waals surface area contributed by atoms with Crippen LogP contribution in [0.5, 0.6) is 5.75 Å². The Bertz CT molecular complexity index is 1200. The number of para-hydroxylation sites is 1. The summed E-state index contributed by atoms with van der Waals surface area (Å²) in [6.07, 6.45) is 0. The summed E-state index contributed by atoms with van der Waals surface area (Å²) in [6, 6.07) is 10.7. The van der Waals surface area contributed by atoms with Crippen molar-refractivity contribution in [3.8, 4) is 5.75 Å². The minimum absolute atomic E-state index is 0.0452. The van der Waals surface area contributed by atoms with Gasteiger partial charge in [0.1, 0.15) is 5.75 Å². The van der Waals surface area contributed by atoms with Gasteiger partial charge in [-0.25, -0.2) is 4.98 Å². The predicted octanol–water partition coefficient (Wildman–Crippen LogP) is 2.42. The molecule has 162 valence electrons. The maximum atomic E-state index is 12.8. The van der Waals surface area contributed by atoms with Crippen molar-refractivity contribution in [3.05, 3.63) is 62.9 Å². The standard InChI is InChI=1S/C20H20N4O6S/c1-12(18(26)21-16-8-7-13(24(28)29)11-17(16)30-2)31-20-22-15-6-4-3-5-14(15)19(27)23(20)9-10-25/h3-8,11-12,25H,9-10H2,1-2H3,(H,21,26)/t12-/m0/s1. The van der Waals surface area contributed by atoms with E-state index in [0.29, 0.717) is 16.1 Å². The normalized spacial score (nSPS) is 11.8. The monoisotopic (exact) mass is 444 g/mol. The van der Waals surface area contributed by atoms with E-state index < -0.39 is 16.1 Å². The number of amides is 1. The molecule has 1 heterocycles. The molecular formula is C20H20N4O6S. The van der Waals surface area contributed by atoms with Crippen molar-refractivity contribution >= 4 is 39.9 Å². The molecule has 3 aromatic rings. The second kappa shape index (κ2) is 9.58. The number of nitro groups is 1. The lowest BCUT2D eigenvalue weighted by Gasteiger charge is -2.16. The zero-order valence-corrected chi connectivity index (χ0v) is 17.6. The van der Waals surface area contributed by atoms with Crippen molar-refractivity contribution in [1.29, 1.82) is 0 Å². The molecule has 2 aromatic carbocycles. The van der Waals surface area contributed by atoms with Crippen molar-refractivity contribution in [3.63, 3.8) is 0 Å². The molecule has 0 saturated heterocycles. The Hall–Kier alpha value is -3.44. The first-order valence-electron chi connectivity index (χ1n) is 9.26. The fraction of sp³-hybridized carbons (Fsp3) is 0.250. The number of carbonyl (C=O) groups excluding carboxylic acids is 1. The van der Waals surface area contributed by atoms with Crippen LogP contribution < -0.4 is 15.6 Å². The van der Waals surface area contributed by atoms with Crippen LogP contribution in [-0.2, 0) is 11.3 Å². The average molecular weight is 444 g/mol. The zero-order chi connectivity index (χ0) is 22.5. The second-order valence-corrected chi connectivity index (χ2v) is 7.79. The molecule has 3 rings (SSSR count). The molecule has 2 N–H and O–H groups in total. The highest BCUT2D eigenvalue weighted by Crippen LogP contribution is 2.30. The van der Waals surface area contributed by atoms with Crippen LogP contribution in [0.25, 0.3) is 10.9 Å². The number of carbonyl (C=O) groups is 1. The second-order valence-electron chi connectivity index (χ2n) is 6.48. The van der Waals surface area contributed by atoms with Crippen LogP contribution in [0.3, 0.4) is 0 Å². The van der Waals surface area contributed by atoms with Crippen molar-refractivity contribution in [2.45, 2.75) is 23.9 Å². The molecule has 0 aliphatic rings. The molecule has 0 bridgehead atoms. The maximum absolute atomic E-state index is 12.8. The van der Waals surface area contributed by atoms with Gasteiger partial charge in [-0.3, -0.25) is 24.3 Å². The molecule has 10 nitrogen and oxygen atoms in total. The summed E-state index contributed by atoms with van der Waals surface area (Å²) < 4.78 is 6.48. The highest BCUT2D eigenvalue weighted by molar-refractivity contribution is 8.00. The van der Waals surface area contributed by atoms with Crippen LogP contribution in [-0.4, -0.2) is 44.5 Å². The van der Waals surface area contributed by atoms with Crippen molar-refractivity contribution < 1.29 is 19.6 Å². The molecule has 0 spiro atoms. The van der Waals surface area contributed by atoms with E-state index in [1.807, 2.05) is 0 Å². The average Bonchev–Trinajstić information content (AvgIpc) is 2.76. The van der Waals surface area contributed by atoms with Gasteiger partial charge in [-0.05, 0) is 25.1 Å². The Balaban J connectivity index is 1.86. The molecule has 0 radical (unpaired) electrons. The number of hydrogen-bond donors (Lipinski definition) is 2. The van der Waals surface area contributed by atoms with Gasteiger partial charge in [0.25, 0.3) is 11.2 Å². The Kier molecular flexibility index (Phi) is 6.88. The van der Waals surface area contributed by atoms with E-state index in [-0.39, 0.29) is 35.8 Å². The van der Waals surface area contributed by atoms with Crippen molar-refractivity contribution in [1.82, 2.24) is 9.55 Å². The van der Waals surface area contributed by atoms with Gasteiger partial charge < -0.3 is 15.2 Å². The number of non-ortho nitro benzene ring substituents is 1. The van der Waals surface area contributed by atoms with E-state index in [0.717, 1.165) is 11.8 Å². The summed E-state index contributed by atoms with van der Waals surface area (Å²) >= 11 is 1.07. The van der Waals surface area contributed by atoms with Gasteiger partial charge in [-0.2, -0.15) is 0 Å². The van der Waals surface area contributed by atoms with E-state index in [1.54, 1.807) is 31.2 Å². The molecule has 11 heteroatoms. The summed E-state index contributed by atoms with van der Waals surface area (Å²) in [4.78, 5) is 40.4. The number of methoxy groups -OCH3 is 1. The molecule has 0 saturated carbocycles. The first kappa shape index (κ1) is 22.2. The fourth-order valence-electron chi connectivity index (χ4n) is 2.88. The molecule has 0 aliphatic heterocycles. The number of ether oxygens (including phenoxy) is 1. The molecule has 0 unspecified atom stereocenters. The Morgan fingerprint density at radius 1 is 1.35 bits per heavy atom. The number of hydrogen-bond acceptors (Lipinski definition) is 8. The lowest BCUT2D eigenvalue weighted by molar-refractivity contribution is -0.384. The number of fused-ring (bicyclic) bond motifs is 1. The zero-order valence-electron chi connectivity index (χ0n) is 16.8. The van der Waals surface area contributed by atoms with Crippen LogP contribution in [0, 0.1) is 10.1 Å². The van der Waals surface area contributed by atoms with E-state index in [4.69, 9.17) is 4.74 Å². The third-order valence-electron chi connectivity index (χ3n) is 4.46. The van der Waals surface area contributed by atoms with Gasteiger partial charge >= 0.3 is 0 Å². The SMILES string of the molecule is COc1cc([N+](=O)[O-])ccc1NC(=O)[C@H](C)Sc1nc2ccccc2c(=O)n1CCO. The highest BCUT2D eigenvalue weighted by Gasteiger charge is 2.21. The number of anilines is 1. The molecule has 1 atom stereocenters. The Morgan fingerprint density at radius 2 is 2.10 bits per heavy atom. The third kappa shape index (κ3) is 4.84. The van der Waals surface area contributed by atoms with Crippen LogP contribution in [0.1, 0.15) is 6.92 Å². The predicted molar refractivity (Wildman–Crippen MR) is 117 cm³/mol. The van der Waals surface area contributed by atoms with Gasteiger partial charge in [-0.15, -0.1) is 0 Å². The van der Waals surface area contributed by atoms with Crippen LogP contribution >= 0.6 is 11.8 Å². The molecule has 1 amide bonds. The van der Waals surface area contributed by atoms with Crippen LogP contribution in [0.4, 0.5) is 11.4 Å². The highest BCUT2D eigenvalue weighted by atomic mass is 32.2. The van der Waals surface area contributed by atoms with E-state index in [2.05, 4.69) is 10.3 Å².